The molecule has 1 N–H and O–H groups in total. The molecule has 1 aromatic rings. The average Bonchev–Trinajstić information content (AvgIpc) is 2.45. The monoisotopic (exact) mass is 261 g/mol. The Hall–Kier alpha value is -1.12. The quantitative estimate of drug-likeness (QED) is 0.866. The molecule has 0 amide bonds. The maximum absolute atomic E-state index is 4.54. The molecule has 0 radical (unpaired) electrons. The topological polar surface area (TPSA) is 37.8 Å². The van der Waals surface area contributed by atoms with E-state index < -0.39 is 0 Å². The Labute approximate surface area is 117 Å². The van der Waals surface area contributed by atoms with Crippen molar-refractivity contribution in [3.63, 3.8) is 0 Å². The van der Waals surface area contributed by atoms with Crippen LogP contribution in [-0.2, 0) is 6.42 Å². The number of anilines is 1. The molecule has 3 heteroatoms. The highest BCUT2D eigenvalue weighted by Gasteiger charge is 2.22. The highest BCUT2D eigenvalue weighted by atomic mass is 15.1. The van der Waals surface area contributed by atoms with E-state index in [1.165, 1.54) is 38.5 Å². The van der Waals surface area contributed by atoms with Gasteiger partial charge in [-0.3, -0.25) is 0 Å². The Balaban J connectivity index is 2.06. The number of hydrogen-bond donors (Lipinski definition) is 1. The van der Waals surface area contributed by atoms with E-state index in [4.69, 9.17) is 0 Å². The van der Waals surface area contributed by atoms with Crippen LogP contribution in [-0.4, -0.2) is 16.0 Å². The van der Waals surface area contributed by atoms with Crippen molar-refractivity contribution in [3.8, 4) is 0 Å². The van der Waals surface area contributed by atoms with Crippen LogP contribution in [0.5, 0.6) is 0 Å². The second kappa shape index (κ2) is 6.88. The first-order valence-corrected chi connectivity index (χ1v) is 7.84. The van der Waals surface area contributed by atoms with Crippen LogP contribution in [0.3, 0.4) is 0 Å². The van der Waals surface area contributed by atoms with Gasteiger partial charge in [0.2, 0.25) is 0 Å². The van der Waals surface area contributed by atoms with Gasteiger partial charge in [0.05, 0.1) is 0 Å². The van der Waals surface area contributed by atoms with Gasteiger partial charge in [-0.1, -0.05) is 33.1 Å². The van der Waals surface area contributed by atoms with Crippen molar-refractivity contribution in [2.45, 2.75) is 71.8 Å². The van der Waals surface area contributed by atoms with Crippen LogP contribution < -0.4 is 5.32 Å². The van der Waals surface area contributed by atoms with E-state index in [2.05, 4.69) is 35.2 Å². The summed E-state index contributed by atoms with van der Waals surface area (Å²) >= 11 is 0. The molecule has 1 aliphatic rings. The van der Waals surface area contributed by atoms with Crippen molar-refractivity contribution >= 4 is 5.82 Å². The molecule has 0 aromatic carbocycles. The number of aryl methyl sites for hydroxylation is 2. The summed E-state index contributed by atoms with van der Waals surface area (Å²) in [4.78, 5) is 8.99. The van der Waals surface area contributed by atoms with Crippen molar-refractivity contribution in [2.75, 3.05) is 5.32 Å². The number of nitrogens with one attached hydrogen (secondary N) is 1. The number of hydrogen-bond acceptors (Lipinski definition) is 3. The van der Waals surface area contributed by atoms with Gasteiger partial charge >= 0.3 is 0 Å². The number of nitrogens with zero attached hydrogens (tertiary/aromatic N) is 2. The molecule has 1 unspecified atom stereocenters. The van der Waals surface area contributed by atoms with E-state index in [1.807, 2.05) is 6.92 Å². The Morgan fingerprint density at radius 2 is 1.95 bits per heavy atom. The summed E-state index contributed by atoms with van der Waals surface area (Å²) < 4.78 is 0. The minimum absolute atomic E-state index is 0.569. The van der Waals surface area contributed by atoms with Crippen LogP contribution in [0.4, 0.5) is 5.82 Å². The van der Waals surface area contributed by atoms with Crippen molar-refractivity contribution < 1.29 is 0 Å². The smallest absolute Gasteiger partial charge is 0.130 e. The maximum Gasteiger partial charge on any atom is 0.130 e. The van der Waals surface area contributed by atoms with Crippen LogP contribution in [0.15, 0.2) is 6.07 Å². The Morgan fingerprint density at radius 3 is 2.58 bits per heavy atom. The zero-order valence-electron chi connectivity index (χ0n) is 12.6. The predicted octanol–water partition coefficient (Wildman–Crippen LogP) is 4.12. The first-order valence-electron chi connectivity index (χ1n) is 7.84. The Morgan fingerprint density at radius 1 is 1.21 bits per heavy atom. The summed E-state index contributed by atoms with van der Waals surface area (Å²) in [5.74, 6) is 2.71. The summed E-state index contributed by atoms with van der Waals surface area (Å²) in [5, 5.41) is 3.66. The minimum atomic E-state index is 0.569. The normalized spacial score (nSPS) is 18.3. The standard InChI is InChI=1S/C16H27N3/c1-4-14-11-16(18-12(3)17-14)19-15(5-2)13-9-7-6-8-10-13/h11,13,15H,4-10H2,1-3H3,(H,17,18,19). The molecule has 1 fully saturated rings. The second-order valence-electron chi connectivity index (χ2n) is 5.70. The molecule has 1 saturated carbocycles. The van der Waals surface area contributed by atoms with Gasteiger partial charge in [-0.05, 0) is 38.5 Å². The summed E-state index contributed by atoms with van der Waals surface area (Å²) in [7, 11) is 0. The van der Waals surface area contributed by atoms with E-state index in [0.717, 1.165) is 29.7 Å². The van der Waals surface area contributed by atoms with Crippen LogP contribution in [0.2, 0.25) is 0 Å². The Bertz CT molecular complexity index is 397. The lowest BCUT2D eigenvalue weighted by molar-refractivity contribution is 0.312. The van der Waals surface area contributed by atoms with Gasteiger partial charge in [-0.2, -0.15) is 0 Å². The molecule has 2 rings (SSSR count). The molecule has 1 aliphatic carbocycles. The van der Waals surface area contributed by atoms with Crippen molar-refractivity contribution in [3.05, 3.63) is 17.6 Å². The van der Waals surface area contributed by atoms with Gasteiger partial charge in [0, 0.05) is 17.8 Å². The van der Waals surface area contributed by atoms with Crippen LogP contribution in [0, 0.1) is 12.8 Å². The van der Waals surface area contributed by atoms with E-state index in [1.54, 1.807) is 0 Å². The van der Waals surface area contributed by atoms with Crippen molar-refractivity contribution in [2.24, 2.45) is 5.92 Å². The van der Waals surface area contributed by atoms with Crippen LogP contribution >= 0.6 is 0 Å². The molecule has 106 valence electrons. The maximum atomic E-state index is 4.54. The molecular formula is C16H27N3. The van der Waals surface area contributed by atoms with Gasteiger partial charge in [0.15, 0.2) is 0 Å². The third-order valence-corrected chi connectivity index (χ3v) is 4.25. The van der Waals surface area contributed by atoms with E-state index in [-0.39, 0.29) is 0 Å². The van der Waals surface area contributed by atoms with Crippen molar-refractivity contribution in [1.29, 1.82) is 0 Å². The zero-order valence-corrected chi connectivity index (χ0v) is 12.6. The highest BCUT2D eigenvalue weighted by Crippen LogP contribution is 2.29. The van der Waals surface area contributed by atoms with Gasteiger partial charge in [-0.25, -0.2) is 9.97 Å². The van der Waals surface area contributed by atoms with E-state index in [9.17, 15) is 0 Å². The van der Waals surface area contributed by atoms with Crippen LogP contribution in [0.1, 0.15) is 63.9 Å². The average molecular weight is 261 g/mol. The minimum Gasteiger partial charge on any atom is -0.367 e. The first-order chi connectivity index (χ1) is 9.22. The molecule has 1 aromatic heterocycles. The summed E-state index contributed by atoms with van der Waals surface area (Å²) in [6.45, 7) is 6.40. The van der Waals surface area contributed by atoms with Crippen molar-refractivity contribution in [1.82, 2.24) is 9.97 Å². The molecule has 1 atom stereocenters. The third-order valence-electron chi connectivity index (χ3n) is 4.25. The third kappa shape index (κ3) is 3.92. The summed E-state index contributed by atoms with van der Waals surface area (Å²) in [6.07, 6.45) is 9.09. The highest BCUT2D eigenvalue weighted by molar-refractivity contribution is 5.37. The lowest BCUT2D eigenvalue weighted by Gasteiger charge is -2.30. The fraction of sp³-hybridized carbons (Fsp3) is 0.750. The lowest BCUT2D eigenvalue weighted by Crippen LogP contribution is -2.30. The molecule has 19 heavy (non-hydrogen) atoms. The fourth-order valence-corrected chi connectivity index (χ4v) is 3.16. The number of aromatic nitrogens is 2. The molecule has 1 heterocycles. The predicted molar refractivity (Wildman–Crippen MR) is 80.4 cm³/mol. The van der Waals surface area contributed by atoms with Gasteiger partial charge in [0.25, 0.3) is 0 Å². The molecule has 0 bridgehead atoms. The summed E-state index contributed by atoms with van der Waals surface area (Å²) in [5.41, 5.74) is 1.13. The van der Waals surface area contributed by atoms with E-state index >= 15 is 0 Å². The van der Waals surface area contributed by atoms with Gasteiger partial charge < -0.3 is 5.32 Å². The second-order valence-corrected chi connectivity index (χ2v) is 5.70. The molecule has 0 spiro atoms. The number of rotatable bonds is 5. The molecule has 0 saturated heterocycles. The molecule has 3 nitrogen and oxygen atoms in total. The zero-order chi connectivity index (χ0) is 13.7. The molecule has 0 aliphatic heterocycles. The first kappa shape index (κ1) is 14.3. The molecular weight excluding hydrogens is 234 g/mol. The van der Waals surface area contributed by atoms with Gasteiger partial charge in [-0.15, -0.1) is 0 Å². The summed E-state index contributed by atoms with van der Waals surface area (Å²) in [6, 6.07) is 2.68. The fourth-order valence-electron chi connectivity index (χ4n) is 3.16. The largest absolute Gasteiger partial charge is 0.367 e. The van der Waals surface area contributed by atoms with Crippen LogP contribution in [0.25, 0.3) is 0 Å². The SMILES string of the molecule is CCc1cc(NC(CC)C2CCCCC2)nc(C)n1. The Kier molecular flexibility index (Phi) is 5.17. The lowest BCUT2D eigenvalue weighted by atomic mass is 9.83. The van der Waals surface area contributed by atoms with E-state index in [0.29, 0.717) is 6.04 Å². The van der Waals surface area contributed by atoms with Gasteiger partial charge in [0.1, 0.15) is 11.6 Å².